The molecule has 1 saturated heterocycles. The van der Waals surface area contributed by atoms with Gasteiger partial charge in [0.2, 0.25) is 0 Å². The van der Waals surface area contributed by atoms with Crippen LogP contribution in [0.3, 0.4) is 0 Å². The molecule has 0 saturated carbocycles. The number of para-hydroxylation sites is 1. The zero-order chi connectivity index (χ0) is 13.7. The van der Waals surface area contributed by atoms with Crippen molar-refractivity contribution >= 4 is 5.69 Å². The van der Waals surface area contributed by atoms with Gasteiger partial charge in [0.15, 0.2) is 0 Å². The summed E-state index contributed by atoms with van der Waals surface area (Å²) < 4.78 is 0. The molecule has 0 spiro atoms. The Kier molecular flexibility index (Phi) is 5.26. The van der Waals surface area contributed by atoms with Crippen LogP contribution in [0.2, 0.25) is 0 Å². The van der Waals surface area contributed by atoms with Gasteiger partial charge in [-0.25, -0.2) is 0 Å². The van der Waals surface area contributed by atoms with E-state index in [0.29, 0.717) is 6.04 Å². The van der Waals surface area contributed by atoms with Crippen molar-refractivity contribution in [2.24, 2.45) is 0 Å². The van der Waals surface area contributed by atoms with E-state index >= 15 is 0 Å². The Hall–Kier alpha value is -1.02. The molecule has 1 fully saturated rings. The first kappa shape index (κ1) is 14.4. The number of nitrogens with zero attached hydrogens (tertiary/aromatic N) is 1. The lowest BCUT2D eigenvalue weighted by Crippen LogP contribution is -2.39. The molecule has 1 aliphatic rings. The lowest BCUT2D eigenvalue weighted by molar-refractivity contribution is 0.474. The molecule has 2 heteroatoms. The van der Waals surface area contributed by atoms with E-state index in [-0.39, 0.29) is 0 Å². The smallest absolute Gasteiger partial charge is 0.0431 e. The van der Waals surface area contributed by atoms with Crippen LogP contribution in [-0.4, -0.2) is 25.7 Å². The Morgan fingerprint density at radius 3 is 2.47 bits per heavy atom. The third-order valence-electron chi connectivity index (χ3n) is 4.21. The molecule has 1 aromatic rings. The highest BCUT2D eigenvalue weighted by atomic mass is 15.1. The molecule has 0 aromatic heterocycles. The molecule has 2 rings (SSSR count). The zero-order valence-electron chi connectivity index (χ0n) is 12.7. The molecular weight excluding hydrogens is 232 g/mol. The summed E-state index contributed by atoms with van der Waals surface area (Å²) in [6.07, 6.45) is 4.74. The van der Waals surface area contributed by atoms with Gasteiger partial charge in [-0.3, -0.25) is 0 Å². The molecule has 1 unspecified atom stereocenters. The van der Waals surface area contributed by atoms with E-state index in [2.05, 4.69) is 49.2 Å². The highest BCUT2D eigenvalue weighted by Crippen LogP contribution is 2.28. The largest absolute Gasteiger partial charge is 0.371 e. The second-order valence-corrected chi connectivity index (χ2v) is 5.62. The maximum atomic E-state index is 3.59. The van der Waals surface area contributed by atoms with Crippen LogP contribution in [0.4, 0.5) is 5.69 Å². The summed E-state index contributed by atoms with van der Waals surface area (Å²) in [6.45, 7) is 10.4. The van der Waals surface area contributed by atoms with E-state index in [4.69, 9.17) is 0 Å². The van der Waals surface area contributed by atoms with Gasteiger partial charge >= 0.3 is 0 Å². The molecule has 1 aliphatic heterocycles. The van der Waals surface area contributed by atoms with E-state index < -0.39 is 0 Å². The molecular formula is C17H28N2. The average Bonchev–Trinajstić information content (AvgIpc) is 2.43. The van der Waals surface area contributed by atoms with E-state index in [0.717, 1.165) is 19.4 Å². The Morgan fingerprint density at radius 1 is 1.16 bits per heavy atom. The van der Waals surface area contributed by atoms with Gasteiger partial charge in [0.05, 0.1) is 0 Å². The van der Waals surface area contributed by atoms with Crippen molar-refractivity contribution in [3.05, 3.63) is 29.3 Å². The Labute approximate surface area is 118 Å². The maximum absolute atomic E-state index is 3.59. The summed E-state index contributed by atoms with van der Waals surface area (Å²) in [6, 6.07) is 7.46. The van der Waals surface area contributed by atoms with Crippen LogP contribution in [0.15, 0.2) is 18.2 Å². The second-order valence-electron chi connectivity index (χ2n) is 5.62. The van der Waals surface area contributed by atoms with Crippen LogP contribution >= 0.6 is 0 Å². The van der Waals surface area contributed by atoms with Crippen LogP contribution in [-0.2, 0) is 12.8 Å². The van der Waals surface area contributed by atoms with Crippen LogP contribution < -0.4 is 10.2 Å². The van der Waals surface area contributed by atoms with Gasteiger partial charge in [-0.05, 0) is 50.3 Å². The molecule has 1 atom stereocenters. The molecule has 0 bridgehead atoms. The lowest BCUT2D eigenvalue weighted by atomic mass is 10.0. The Bertz CT molecular complexity index is 378. The molecule has 1 aromatic carbocycles. The minimum atomic E-state index is 0.640. The van der Waals surface area contributed by atoms with E-state index in [1.807, 2.05) is 0 Å². The highest BCUT2D eigenvalue weighted by molar-refractivity contribution is 5.60. The van der Waals surface area contributed by atoms with Gasteiger partial charge in [-0.2, -0.15) is 0 Å². The number of aryl methyl sites for hydroxylation is 2. The zero-order valence-corrected chi connectivity index (χ0v) is 12.7. The minimum absolute atomic E-state index is 0.640. The number of anilines is 1. The van der Waals surface area contributed by atoms with Gasteiger partial charge in [0, 0.05) is 24.8 Å². The second kappa shape index (κ2) is 6.95. The fourth-order valence-corrected chi connectivity index (χ4v) is 3.03. The lowest BCUT2D eigenvalue weighted by Gasteiger charge is -2.32. The summed E-state index contributed by atoms with van der Waals surface area (Å²) in [7, 11) is 0. The SMILES string of the molecule is CCc1cccc(CC)c1N1CCCNC(C)CC1. The fraction of sp³-hybridized carbons (Fsp3) is 0.647. The van der Waals surface area contributed by atoms with Crippen molar-refractivity contribution in [1.29, 1.82) is 0 Å². The fourth-order valence-electron chi connectivity index (χ4n) is 3.03. The van der Waals surface area contributed by atoms with Crippen LogP contribution in [0.25, 0.3) is 0 Å². The van der Waals surface area contributed by atoms with Crippen molar-refractivity contribution in [3.8, 4) is 0 Å². The normalized spacial score (nSPS) is 21.0. The van der Waals surface area contributed by atoms with Gasteiger partial charge in [0.1, 0.15) is 0 Å². The summed E-state index contributed by atoms with van der Waals surface area (Å²) in [5.74, 6) is 0. The summed E-state index contributed by atoms with van der Waals surface area (Å²) >= 11 is 0. The van der Waals surface area contributed by atoms with Crippen molar-refractivity contribution in [2.45, 2.75) is 52.5 Å². The molecule has 0 radical (unpaired) electrons. The number of hydrogen-bond acceptors (Lipinski definition) is 2. The molecule has 19 heavy (non-hydrogen) atoms. The predicted octanol–water partition coefficient (Wildman–Crippen LogP) is 3.39. The van der Waals surface area contributed by atoms with E-state index in [1.54, 1.807) is 0 Å². The van der Waals surface area contributed by atoms with Crippen LogP contribution in [0, 0.1) is 0 Å². The molecule has 1 N–H and O–H groups in total. The first-order valence-electron chi connectivity index (χ1n) is 7.85. The van der Waals surface area contributed by atoms with E-state index in [1.165, 1.54) is 42.7 Å². The third-order valence-corrected chi connectivity index (χ3v) is 4.21. The van der Waals surface area contributed by atoms with Crippen molar-refractivity contribution < 1.29 is 0 Å². The standard InChI is InChI=1S/C17H28N2/c1-4-15-8-6-9-16(5-2)17(15)19-12-7-11-18-14(3)10-13-19/h6,8-9,14,18H,4-5,7,10-13H2,1-3H3. The number of rotatable bonds is 3. The van der Waals surface area contributed by atoms with Gasteiger partial charge in [-0.1, -0.05) is 32.0 Å². The third kappa shape index (κ3) is 3.50. The summed E-state index contributed by atoms with van der Waals surface area (Å²) in [5.41, 5.74) is 4.56. The predicted molar refractivity (Wildman–Crippen MR) is 84.1 cm³/mol. The van der Waals surface area contributed by atoms with Gasteiger partial charge in [-0.15, -0.1) is 0 Å². The van der Waals surface area contributed by atoms with Gasteiger partial charge in [0.25, 0.3) is 0 Å². The molecule has 0 aliphatic carbocycles. The van der Waals surface area contributed by atoms with Gasteiger partial charge < -0.3 is 10.2 Å². The Balaban J connectivity index is 2.27. The van der Waals surface area contributed by atoms with Crippen molar-refractivity contribution in [2.75, 3.05) is 24.5 Å². The van der Waals surface area contributed by atoms with Crippen molar-refractivity contribution in [1.82, 2.24) is 5.32 Å². The van der Waals surface area contributed by atoms with Crippen molar-refractivity contribution in [3.63, 3.8) is 0 Å². The number of benzene rings is 1. The highest BCUT2D eigenvalue weighted by Gasteiger charge is 2.16. The quantitative estimate of drug-likeness (QED) is 0.896. The molecule has 2 nitrogen and oxygen atoms in total. The van der Waals surface area contributed by atoms with E-state index in [9.17, 15) is 0 Å². The topological polar surface area (TPSA) is 15.3 Å². The summed E-state index contributed by atoms with van der Waals surface area (Å²) in [4.78, 5) is 2.63. The molecule has 0 amide bonds. The molecule has 106 valence electrons. The maximum Gasteiger partial charge on any atom is 0.0431 e. The number of nitrogens with one attached hydrogen (secondary N) is 1. The molecule has 1 heterocycles. The Morgan fingerprint density at radius 2 is 1.84 bits per heavy atom. The summed E-state index contributed by atoms with van der Waals surface area (Å²) in [5, 5.41) is 3.59. The monoisotopic (exact) mass is 260 g/mol. The van der Waals surface area contributed by atoms with Crippen LogP contribution in [0.1, 0.15) is 44.7 Å². The first-order valence-corrected chi connectivity index (χ1v) is 7.85. The minimum Gasteiger partial charge on any atom is -0.371 e. The first-order chi connectivity index (χ1) is 9.26. The average molecular weight is 260 g/mol. The van der Waals surface area contributed by atoms with Crippen LogP contribution in [0.5, 0.6) is 0 Å². The number of hydrogen-bond donors (Lipinski definition) is 1.